The number of aliphatic hydroxyl groups is 8. The van der Waals surface area contributed by atoms with E-state index >= 15 is 0 Å². The van der Waals surface area contributed by atoms with Crippen LogP contribution in [-0.4, -0.2) is 140 Å². The summed E-state index contributed by atoms with van der Waals surface area (Å²) in [5, 5.41) is 87.2. The van der Waals surface area contributed by atoms with Crippen LogP contribution < -0.4 is 5.32 Å². The molecule has 2 heterocycles. The van der Waals surface area contributed by atoms with E-state index < -0.39 is 86.8 Å². The predicted octanol–water partition coefficient (Wildman–Crippen LogP) is 9.22. The fraction of sp³-hybridized carbons (Fsp3) is 0.845. The first-order valence-corrected chi connectivity index (χ1v) is 28.9. The Morgan fingerprint density at radius 3 is 1.47 bits per heavy atom. The molecule has 1 amide bonds. The van der Waals surface area contributed by atoms with Gasteiger partial charge in [-0.3, -0.25) is 4.79 Å². The lowest BCUT2D eigenvalue weighted by Gasteiger charge is -2.46. The van der Waals surface area contributed by atoms with Crippen molar-refractivity contribution in [2.75, 3.05) is 19.8 Å². The third-order valence-corrected chi connectivity index (χ3v) is 14.1. The maximum absolute atomic E-state index is 13.3. The molecule has 72 heavy (non-hydrogen) atoms. The minimum Gasteiger partial charge on any atom is -0.394 e. The number of hydrogen-bond acceptors (Lipinski definition) is 13. The van der Waals surface area contributed by atoms with Gasteiger partial charge in [-0.15, -0.1) is 0 Å². The molecule has 14 heteroatoms. The average molecular weight is 1020 g/mol. The second-order valence-corrected chi connectivity index (χ2v) is 20.4. The van der Waals surface area contributed by atoms with E-state index in [-0.39, 0.29) is 12.5 Å². The summed E-state index contributed by atoms with van der Waals surface area (Å²) in [7, 11) is 0. The van der Waals surface area contributed by atoms with Crippen LogP contribution in [0.2, 0.25) is 0 Å². The van der Waals surface area contributed by atoms with E-state index in [0.29, 0.717) is 19.3 Å². The Bertz CT molecular complexity index is 1390. The number of allylic oxidation sites excluding steroid dienone is 8. The zero-order chi connectivity index (χ0) is 52.4. The maximum atomic E-state index is 13.3. The molecule has 12 atom stereocenters. The summed E-state index contributed by atoms with van der Waals surface area (Å²) in [5.41, 5.74) is 0. The van der Waals surface area contributed by atoms with Gasteiger partial charge in [-0.25, -0.2) is 0 Å². The molecule has 2 aliphatic rings. The van der Waals surface area contributed by atoms with E-state index in [2.05, 4.69) is 67.8 Å². The van der Waals surface area contributed by atoms with Crippen LogP contribution in [0.5, 0.6) is 0 Å². The SMILES string of the molecule is CC/C=C\C/C=C\C/C=C\C/C=C\CCCCCCCCCCC(=O)NC(COC1OC(CO)C(OC2OC(CO)C(O)C(O)C2O)C(O)C1O)C(O)CCCCCCCCCCCCCCCCCCC. The molecule has 0 aromatic carbocycles. The standard InChI is InChI=1S/C58H105NO13/c1-3-5-7-9-11-13-15-17-19-21-22-23-24-26-28-30-32-34-36-38-40-42-50(63)59-46(47(62)41-39-37-35-33-31-29-27-25-20-18-16-14-12-10-8-6-4-2)45-69-57-55(68)53(66)56(49(44-61)71-57)72-58-54(67)52(65)51(64)48(43-60)70-58/h5,7,11,13,17,19,22-23,46-49,51-58,60-62,64-68H,3-4,6,8-10,12,14-16,18,20-21,24-45H2,1-2H3,(H,59,63)/b7-5-,13-11-,19-17-,23-22-. The fourth-order valence-corrected chi connectivity index (χ4v) is 9.40. The monoisotopic (exact) mass is 1020 g/mol. The van der Waals surface area contributed by atoms with E-state index in [9.17, 15) is 45.6 Å². The number of ether oxygens (including phenoxy) is 4. The lowest BCUT2D eigenvalue weighted by molar-refractivity contribution is -0.359. The van der Waals surface area contributed by atoms with Gasteiger partial charge in [0, 0.05) is 6.42 Å². The second-order valence-electron chi connectivity index (χ2n) is 20.4. The van der Waals surface area contributed by atoms with Crippen LogP contribution in [0.25, 0.3) is 0 Å². The number of aliphatic hydroxyl groups excluding tert-OH is 8. The summed E-state index contributed by atoms with van der Waals surface area (Å²) in [5.74, 6) is -0.215. The number of rotatable bonds is 45. The molecule has 2 fully saturated rings. The van der Waals surface area contributed by atoms with Crippen LogP contribution >= 0.6 is 0 Å². The first kappa shape index (κ1) is 66.1. The quantitative estimate of drug-likeness (QED) is 0.0205. The Balaban J connectivity index is 1.77. The maximum Gasteiger partial charge on any atom is 0.220 e. The molecular formula is C58H105NO13. The van der Waals surface area contributed by atoms with Gasteiger partial charge in [-0.2, -0.15) is 0 Å². The van der Waals surface area contributed by atoms with Gasteiger partial charge in [0.25, 0.3) is 0 Å². The van der Waals surface area contributed by atoms with E-state index in [1.807, 2.05) is 0 Å². The molecule has 2 rings (SSSR count). The average Bonchev–Trinajstić information content (AvgIpc) is 3.38. The molecule has 0 spiro atoms. The normalized spacial score (nSPS) is 25.9. The van der Waals surface area contributed by atoms with Crippen molar-refractivity contribution < 1.29 is 64.6 Å². The van der Waals surface area contributed by atoms with E-state index in [1.165, 1.54) is 109 Å². The van der Waals surface area contributed by atoms with E-state index in [0.717, 1.165) is 77.0 Å². The molecule has 2 aliphatic heterocycles. The van der Waals surface area contributed by atoms with Crippen molar-refractivity contribution in [3.63, 3.8) is 0 Å². The van der Waals surface area contributed by atoms with E-state index in [4.69, 9.17) is 18.9 Å². The smallest absolute Gasteiger partial charge is 0.220 e. The molecule has 420 valence electrons. The molecule has 0 radical (unpaired) electrons. The fourth-order valence-electron chi connectivity index (χ4n) is 9.40. The highest BCUT2D eigenvalue weighted by atomic mass is 16.7. The Labute approximate surface area is 435 Å². The van der Waals surface area contributed by atoms with E-state index in [1.54, 1.807) is 0 Å². The Morgan fingerprint density at radius 2 is 0.958 bits per heavy atom. The molecule has 0 saturated carbocycles. The predicted molar refractivity (Wildman–Crippen MR) is 286 cm³/mol. The van der Waals surface area contributed by atoms with Gasteiger partial charge in [-0.05, 0) is 51.4 Å². The molecule has 0 aromatic heterocycles. The van der Waals surface area contributed by atoms with Crippen LogP contribution in [0, 0.1) is 0 Å². The molecule has 0 aliphatic carbocycles. The molecule has 14 nitrogen and oxygen atoms in total. The Kier molecular flexibility index (Phi) is 40.5. The summed E-state index contributed by atoms with van der Waals surface area (Å²) >= 11 is 0. The van der Waals surface area contributed by atoms with Crippen molar-refractivity contribution in [2.45, 2.75) is 293 Å². The topological polar surface area (TPSA) is 228 Å². The highest BCUT2D eigenvalue weighted by Crippen LogP contribution is 2.30. The van der Waals surface area contributed by atoms with Gasteiger partial charge in [0.2, 0.25) is 5.91 Å². The van der Waals surface area contributed by atoms with Crippen molar-refractivity contribution >= 4 is 5.91 Å². The zero-order valence-electron chi connectivity index (χ0n) is 44.9. The summed E-state index contributed by atoms with van der Waals surface area (Å²) in [4.78, 5) is 13.3. The van der Waals surface area contributed by atoms with Gasteiger partial charge >= 0.3 is 0 Å². The molecule has 0 aromatic rings. The minimum atomic E-state index is -1.78. The lowest BCUT2D eigenvalue weighted by atomic mass is 9.97. The summed E-state index contributed by atoms with van der Waals surface area (Å²) in [6.07, 6.45) is 36.7. The highest BCUT2D eigenvalue weighted by Gasteiger charge is 2.51. The van der Waals surface area contributed by atoms with Crippen LogP contribution in [0.3, 0.4) is 0 Å². The minimum absolute atomic E-state index is 0.215. The Hall–Kier alpha value is -2.05. The first-order valence-electron chi connectivity index (χ1n) is 28.9. The van der Waals surface area contributed by atoms with Gasteiger partial charge in [0.15, 0.2) is 12.6 Å². The van der Waals surface area contributed by atoms with Crippen molar-refractivity contribution in [3.8, 4) is 0 Å². The number of nitrogens with one attached hydrogen (secondary N) is 1. The van der Waals surface area contributed by atoms with Gasteiger partial charge in [-0.1, -0.05) is 210 Å². The lowest BCUT2D eigenvalue weighted by Crippen LogP contribution is -2.65. The zero-order valence-corrected chi connectivity index (χ0v) is 44.9. The highest BCUT2D eigenvalue weighted by molar-refractivity contribution is 5.76. The number of amides is 1. The van der Waals surface area contributed by atoms with Gasteiger partial charge in [0.1, 0.15) is 48.8 Å². The van der Waals surface area contributed by atoms with Crippen molar-refractivity contribution in [1.29, 1.82) is 0 Å². The summed E-state index contributed by atoms with van der Waals surface area (Å²) < 4.78 is 22.8. The van der Waals surface area contributed by atoms with Gasteiger partial charge in [0.05, 0.1) is 32.0 Å². The second kappa shape index (κ2) is 44.1. The van der Waals surface area contributed by atoms with Crippen molar-refractivity contribution in [2.24, 2.45) is 0 Å². The number of hydrogen-bond donors (Lipinski definition) is 9. The third-order valence-electron chi connectivity index (χ3n) is 14.1. The van der Waals surface area contributed by atoms with Crippen LogP contribution in [0.4, 0.5) is 0 Å². The number of unbranched alkanes of at least 4 members (excludes halogenated alkanes) is 24. The Morgan fingerprint density at radius 1 is 0.514 bits per heavy atom. The molecule has 2 saturated heterocycles. The van der Waals surface area contributed by atoms with Crippen molar-refractivity contribution in [3.05, 3.63) is 48.6 Å². The molecular weight excluding hydrogens is 919 g/mol. The van der Waals surface area contributed by atoms with Gasteiger partial charge < -0.3 is 65.1 Å². The summed E-state index contributed by atoms with van der Waals surface area (Å²) in [6, 6.07) is -0.834. The molecule has 12 unspecified atom stereocenters. The van der Waals surface area contributed by atoms with Crippen LogP contribution in [0.1, 0.15) is 219 Å². The summed E-state index contributed by atoms with van der Waals surface area (Å²) in [6.45, 7) is 2.75. The molecule has 9 N–H and O–H groups in total. The number of carbonyl (C=O) groups excluding carboxylic acids is 1. The first-order chi connectivity index (χ1) is 35.1. The number of carbonyl (C=O) groups is 1. The molecule has 0 bridgehead atoms. The largest absolute Gasteiger partial charge is 0.394 e. The third kappa shape index (κ3) is 29.9. The van der Waals surface area contributed by atoms with Crippen LogP contribution in [0.15, 0.2) is 48.6 Å². The van der Waals surface area contributed by atoms with Crippen LogP contribution in [-0.2, 0) is 23.7 Å². The van der Waals surface area contributed by atoms with Crippen molar-refractivity contribution in [1.82, 2.24) is 5.32 Å².